The molecule has 0 fully saturated rings. The van der Waals surface area contributed by atoms with Crippen LogP contribution in [0.1, 0.15) is 31.5 Å². The van der Waals surface area contributed by atoms with Crippen molar-refractivity contribution < 1.29 is 4.74 Å². The zero-order valence-electron chi connectivity index (χ0n) is 10.1. The maximum absolute atomic E-state index is 11.6. The summed E-state index contributed by atoms with van der Waals surface area (Å²) >= 11 is 0. The molecule has 5 heteroatoms. The van der Waals surface area contributed by atoms with E-state index in [0.717, 1.165) is 18.7 Å². The third-order valence-corrected chi connectivity index (χ3v) is 3.02. The smallest absolute Gasteiger partial charge is 0.273 e. The Morgan fingerprint density at radius 3 is 3.12 bits per heavy atom. The van der Waals surface area contributed by atoms with Crippen molar-refractivity contribution in [3.05, 3.63) is 34.8 Å². The summed E-state index contributed by atoms with van der Waals surface area (Å²) in [6.45, 7) is 2.82. The maximum Gasteiger partial charge on any atom is 0.273 e. The highest BCUT2D eigenvalue weighted by molar-refractivity contribution is 5.43. The average Bonchev–Trinajstić information content (AvgIpc) is 2.76. The van der Waals surface area contributed by atoms with Gasteiger partial charge in [-0.15, -0.1) is 0 Å². The molecule has 0 aliphatic heterocycles. The molecular formula is C12H17N3O2. The van der Waals surface area contributed by atoms with Crippen LogP contribution in [0, 0.1) is 0 Å². The number of ether oxygens (including phenoxy) is 1. The molecule has 92 valence electrons. The van der Waals surface area contributed by atoms with Gasteiger partial charge in [0, 0.05) is 32.0 Å². The summed E-state index contributed by atoms with van der Waals surface area (Å²) in [6.07, 6.45) is 7.01. The van der Waals surface area contributed by atoms with E-state index in [2.05, 4.69) is 16.9 Å². The lowest BCUT2D eigenvalue weighted by molar-refractivity contribution is 0.186. The largest absolute Gasteiger partial charge is 0.385 e. The number of imidazole rings is 1. The van der Waals surface area contributed by atoms with Gasteiger partial charge >= 0.3 is 0 Å². The molecule has 17 heavy (non-hydrogen) atoms. The van der Waals surface area contributed by atoms with Crippen LogP contribution in [0.2, 0.25) is 0 Å². The van der Waals surface area contributed by atoms with Crippen LogP contribution in [0.5, 0.6) is 0 Å². The zero-order valence-corrected chi connectivity index (χ0v) is 10.1. The molecule has 0 aliphatic carbocycles. The van der Waals surface area contributed by atoms with Crippen molar-refractivity contribution in [1.29, 1.82) is 0 Å². The zero-order chi connectivity index (χ0) is 12.3. The second-order valence-corrected chi connectivity index (χ2v) is 4.05. The Morgan fingerprint density at radius 2 is 2.41 bits per heavy atom. The monoisotopic (exact) mass is 235 g/mol. The van der Waals surface area contributed by atoms with Gasteiger partial charge < -0.3 is 9.72 Å². The van der Waals surface area contributed by atoms with Gasteiger partial charge in [0.2, 0.25) is 0 Å². The van der Waals surface area contributed by atoms with Crippen LogP contribution in [0.15, 0.2) is 23.4 Å². The van der Waals surface area contributed by atoms with Crippen LogP contribution >= 0.6 is 0 Å². The van der Waals surface area contributed by atoms with Crippen molar-refractivity contribution in [3.63, 3.8) is 0 Å². The van der Waals surface area contributed by atoms with Crippen LogP contribution in [0.4, 0.5) is 0 Å². The van der Waals surface area contributed by atoms with Crippen molar-refractivity contribution in [3.8, 4) is 0 Å². The van der Waals surface area contributed by atoms with Crippen molar-refractivity contribution in [2.45, 2.75) is 25.7 Å². The molecule has 0 saturated heterocycles. The number of H-pyrrole nitrogens is 1. The van der Waals surface area contributed by atoms with Gasteiger partial charge in [-0.25, -0.2) is 4.98 Å². The van der Waals surface area contributed by atoms with Gasteiger partial charge in [-0.05, 0) is 12.8 Å². The molecule has 0 amide bonds. The van der Waals surface area contributed by atoms with Gasteiger partial charge in [0.15, 0.2) is 0 Å². The van der Waals surface area contributed by atoms with E-state index in [1.807, 2.05) is 10.6 Å². The highest BCUT2D eigenvalue weighted by atomic mass is 16.5. The van der Waals surface area contributed by atoms with Gasteiger partial charge in [0.25, 0.3) is 5.56 Å². The topological polar surface area (TPSA) is 59.4 Å². The molecule has 2 aromatic heterocycles. The standard InChI is InChI=1S/C12H17N3O2/c1-3-9(4-7-17-2)11-14-8-10-12(16)13-5-6-15(10)11/h5-6,8-9H,3-4,7H2,1-2H3,(H,13,16). The number of rotatable bonds is 5. The SMILES string of the molecule is CCC(CCOC)c1ncc2c(=O)[nH]ccn12. The molecule has 0 bridgehead atoms. The fourth-order valence-corrected chi connectivity index (χ4v) is 2.04. The van der Waals surface area contributed by atoms with E-state index in [1.54, 1.807) is 19.5 Å². The quantitative estimate of drug-likeness (QED) is 0.855. The summed E-state index contributed by atoms with van der Waals surface area (Å²) in [5.74, 6) is 1.25. The highest BCUT2D eigenvalue weighted by Gasteiger charge is 2.15. The molecule has 0 spiro atoms. The molecule has 1 unspecified atom stereocenters. The highest BCUT2D eigenvalue weighted by Crippen LogP contribution is 2.21. The first-order valence-electron chi connectivity index (χ1n) is 5.81. The summed E-state index contributed by atoms with van der Waals surface area (Å²) in [7, 11) is 1.70. The molecule has 0 radical (unpaired) electrons. The number of fused-ring (bicyclic) bond motifs is 1. The number of nitrogens with zero attached hydrogens (tertiary/aromatic N) is 2. The maximum atomic E-state index is 11.6. The number of aromatic nitrogens is 3. The van der Waals surface area contributed by atoms with Crippen molar-refractivity contribution in [2.75, 3.05) is 13.7 Å². The lowest BCUT2D eigenvalue weighted by atomic mass is 10.0. The summed E-state index contributed by atoms with van der Waals surface area (Å²) in [5.41, 5.74) is 0.492. The van der Waals surface area contributed by atoms with Crippen molar-refractivity contribution in [2.24, 2.45) is 0 Å². The number of nitrogens with one attached hydrogen (secondary N) is 1. The molecule has 1 N–H and O–H groups in total. The summed E-state index contributed by atoms with van der Waals surface area (Å²) in [6, 6.07) is 0. The van der Waals surface area contributed by atoms with Gasteiger partial charge in [-0.1, -0.05) is 6.92 Å². The number of aromatic amines is 1. The van der Waals surface area contributed by atoms with E-state index >= 15 is 0 Å². The summed E-state index contributed by atoms with van der Waals surface area (Å²) in [4.78, 5) is 18.6. The Kier molecular flexibility index (Phi) is 3.58. The Bertz CT molecular complexity index is 544. The van der Waals surface area contributed by atoms with Crippen LogP contribution in [-0.2, 0) is 4.74 Å². The minimum atomic E-state index is -0.104. The van der Waals surface area contributed by atoms with E-state index in [-0.39, 0.29) is 5.56 Å². The van der Waals surface area contributed by atoms with Crippen LogP contribution in [-0.4, -0.2) is 28.1 Å². The van der Waals surface area contributed by atoms with Crippen LogP contribution in [0.3, 0.4) is 0 Å². The molecule has 2 aromatic rings. The molecule has 0 aromatic carbocycles. The fraction of sp³-hybridized carbons (Fsp3) is 0.500. The second kappa shape index (κ2) is 5.14. The lowest BCUT2D eigenvalue weighted by Gasteiger charge is -2.12. The molecule has 1 atom stereocenters. The Hall–Kier alpha value is -1.62. The first-order chi connectivity index (χ1) is 8.27. The molecule has 2 heterocycles. The number of hydrogen-bond donors (Lipinski definition) is 1. The summed E-state index contributed by atoms with van der Waals surface area (Å²) < 4.78 is 6.97. The minimum absolute atomic E-state index is 0.104. The third kappa shape index (κ3) is 2.24. The third-order valence-electron chi connectivity index (χ3n) is 3.02. The molecule has 0 saturated carbocycles. The molecule has 2 rings (SSSR count). The molecule has 5 nitrogen and oxygen atoms in total. The van der Waals surface area contributed by atoms with Gasteiger partial charge in [-0.2, -0.15) is 0 Å². The van der Waals surface area contributed by atoms with Gasteiger partial charge in [0.05, 0.1) is 6.20 Å². The first kappa shape index (κ1) is 11.9. The first-order valence-corrected chi connectivity index (χ1v) is 5.81. The average molecular weight is 235 g/mol. The predicted molar refractivity (Wildman–Crippen MR) is 65.3 cm³/mol. The Balaban J connectivity index is 2.40. The van der Waals surface area contributed by atoms with Crippen molar-refractivity contribution in [1.82, 2.24) is 14.4 Å². The minimum Gasteiger partial charge on any atom is -0.385 e. The fourth-order valence-electron chi connectivity index (χ4n) is 2.04. The van der Waals surface area contributed by atoms with Gasteiger partial charge in [0.1, 0.15) is 11.3 Å². The van der Waals surface area contributed by atoms with Crippen LogP contribution in [0.25, 0.3) is 5.52 Å². The lowest BCUT2D eigenvalue weighted by Crippen LogP contribution is -2.11. The Labute approximate surface area is 99.5 Å². The van der Waals surface area contributed by atoms with Crippen molar-refractivity contribution >= 4 is 5.52 Å². The normalized spacial score (nSPS) is 13.1. The van der Waals surface area contributed by atoms with E-state index < -0.39 is 0 Å². The van der Waals surface area contributed by atoms with E-state index in [1.165, 1.54) is 0 Å². The summed E-state index contributed by atoms with van der Waals surface area (Å²) in [5, 5.41) is 0. The van der Waals surface area contributed by atoms with Crippen LogP contribution < -0.4 is 5.56 Å². The van der Waals surface area contributed by atoms with E-state index in [0.29, 0.717) is 18.0 Å². The number of hydrogen-bond acceptors (Lipinski definition) is 3. The van der Waals surface area contributed by atoms with E-state index in [4.69, 9.17) is 4.74 Å². The molecular weight excluding hydrogens is 218 g/mol. The Morgan fingerprint density at radius 1 is 1.59 bits per heavy atom. The van der Waals surface area contributed by atoms with E-state index in [9.17, 15) is 4.79 Å². The second-order valence-electron chi connectivity index (χ2n) is 4.05. The number of methoxy groups -OCH3 is 1. The predicted octanol–water partition coefficient (Wildman–Crippen LogP) is 1.55. The van der Waals surface area contributed by atoms with Gasteiger partial charge in [-0.3, -0.25) is 9.20 Å². The molecule has 0 aliphatic rings.